The molecule has 0 bridgehead atoms. The smallest absolute Gasteiger partial charge is 0.343 e. The Hall–Kier alpha value is -2.83. The van der Waals surface area contributed by atoms with Crippen LogP contribution >= 0.6 is 0 Å². The third kappa shape index (κ3) is 6.55. The van der Waals surface area contributed by atoms with Crippen LogP contribution in [0, 0.1) is 29.6 Å². The molecule has 1 aromatic rings. The lowest BCUT2D eigenvalue weighted by Crippen LogP contribution is -2.58. The summed E-state index contributed by atoms with van der Waals surface area (Å²) in [6.45, 7) is 9.42. The van der Waals surface area contributed by atoms with Crippen molar-refractivity contribution < 1.29 is 24.1 Å². The SMILES string of the molecule is CCCCCc1cccc(C[C@H]2C[C@@H]([C@@H](O)[C@@H]3C=CC[C@@H](C)C3)N3CCC=C4O/C(=C5\OC(=O)C(C)=C5OC)[C@@H](C)[C@@H]4[C@@H]3C2)c1. The zero-order chi connectivity index (χ0) is 31.7. The van der Waals surface area contributed by atoms with Gasteiger partial charge >= 0.3 is 5.97 Å². The van der Waals surface area contributed by atoms with Crippen molar-refractivity contribution in [2.24, 2.45) is 29.6 Å². The lowest BCUT2D eigenvalue weighted by Gasteiger charge is -2.50. The Morgan fingerprint density at radius 3 is 2.71 bits per heavy atom. The van der Waals surface area contributed by atoms with Crippen molar-refractivity contribution in [2.75, 3.05) is 13.7 Å². The molecule has 0 radical (unpaired) electrons. The second kappa shape index (κ2) is 13.9. The van der Waals surface area contributed by atoms with Crippen molar-refractivity contribution in [3.8, 4) is 0 Å². The van der Waals surface area contributed by atoms with Gasteiger partial charge in [0.2, 0.25) is 5.76 Å². The number of methoxy groups -OCH3 is 1. The van der Waals surface area contributed by atoms with E-state index in [1.54, 1.807) is 14.0 Å². The monoisotopic (exact) mass is 615 g/mol. The Morgan fingerprint density at radius 2 is 1.93 bits per heavy atom. The minimum absolute atomic E-state index is 0.00809. The number of esters is 1. The van der Waals surface area contributed by atoms with E-state index >= 15 is 0 Å². The van der Waals surface area contributed by atoms with Crippen molar-refractivity contribution in [3.63, 3.8) is 0 Å². The summed E-state index contributed by atoms with van der Waals surface area (Å²) in [4.78, 5) is 15.1. The van der Waals surface area contributed by atoms with Crippen LogP contribution in [0.15, 0.2) is 71.1 Å². The van der Waals surface area contributed by atoms with Crippen LogP contribution in [0.25, 0.3) is 0 Å². The molecule has 244 valence electrons. The first-order valence-electron chi connectivity index (χ1n) is 17.6. The normalized spacial score (nSPS) is 34.0. The number of unbranched alkanes of at least 4 members (excludes halogenated alkanes) is 2. The summed E-state index contributed by atoms with van der Waals surface area (Å²) >= 11 is 0. The number of ether oxygens (including phenoxy) is 3. The highest BCUT2D eigenvalue weighted by atomic mass is 16.6. The number of benzene rings is 1. The summed E-state index contributed by atoms with van der Waals surface area (Å²) in [5.41, 5.74) is 3.33. The van der Waals surface area contributed by atoms with Crippen LogP contribution in [0.5, 0.6) is 0 Å². The van der Waals surface area contributed by atoms with Crippen LogP contribution in [0.3, 0.4) is 0 Å². The van der Waals surface area contributed by atoms with Crippen LogP contribution in [0.4, 0.5) is 0 Å². The fourth-order valence-corrected chi connectivity index (χ4v) is 8.86. The number of rotatable bonds is 9. The number of piperidine rings is 1. The molecule has 0 spiro atoms. The van der Waals surface area contributed by atoms with Gasteiger partial charge in [0.1, 0.15) is 5.76 Å². The molecule has 45 heavy (non-hydrogen) atoms. The van der Waals surface area contributed by atoms with Gasteiger partial charge in [0.15, 0.2) is 11.5 Å². The molecule has 0 unspecified atom stereocenters. The maximum atomic E-state index is 12.5. The number of hydrogen-bond acceptors (Lipinski definition) is 6. The topological polar surface area (TPSA) is 68.2 Å². The summed E-state index contributed by atoms with van der Waals surface area (Å²) in [5, 5.41) is 12.1. The van der Waals surface area contributed by atoms with Gasteiger partial charge in [-0.05, 0) is 87.3 Å². The molecule has 0 saturated carbocycles. The first-order chi connectivity index (χ1) is 21.8. The average molecular weight is 616 g/mol. The zero-order valence-electron chi connectivity index (χ0n) is 28.0. The molecule has 5 aliphatic rings. The molecule has 1 aliphatic carbocycles. The number of fused-ring (bicyclic) bond motifs is 3. The Bertz CT molecular complexity index is 1370. The van der Waals surface area contributed by atoms with Gasteiger partial charge in [0.05, 0.1) is 18.8 Å². The van der Waals surface area contributed by atoms with E-state index in [-0.39, 0.29) is 35.8 Å². The Morgan fingerprint density at radius 1 is 1.11 bits per heavy atom. The fraction of sp³-hybridized carbons (Fsp3) is 0.615. The van der Waals surface area contributed by atoms with Crippen LogP contribution < -0.4 is 0 Å². The number of hydrogen-bond donors (Lipinski definition) is 1. The van der Waals surface area contributed by atoms with Gasteiger partial charge in [-0.1, -0.05) is 70.0 Å². The van der Waals surface area contributed by atoms with E-state index in [9.17, 15) is 9.90 Å². The Labute approximate surface area is 270 Å². The van der Waals surface area contributed by atoms with Crippen LogP contribution in [0.1, 0.15) is 90.2 Å². The van der Waals surface area contributed by atoms with Crippen molar-refractivity contribution in [1.82, 2.24) is 4.90 Å². The van der Waals surface area contributed by atoms with Gasteiger partial charge in [-0.2, -0.15) is 0 Å². The summed E-state index contributed by atoms with van der Waals surface area (Å²) in [6, 6.07) is 9.53. The molecule has 1 aromatic carbocycles. The largest absolute Gasteiger partial charge is 0.492 e. The molecule has 2 fully saturated rings. The number of cyclic esters (lactones) is 1. The van der Waals surface area contributed by atoms with Crippen molar-refractivity contribution >= 4 is 5.97 Å². The molecular formula is C39H53NO5. The van der Waals surface area contributed by atoms with E-state index in [2.05, 4.69) is 68.2 Å². The third-order valence-electron chi connectivity index (χ3n) is 11.1. The first-order valence-corrected chi connectivity index (χ1v) is 17.6. The van der Waals surface area contributed by atoms with E-state index in [4.69, 9.17) is 14.2 Å². The van der Waals surface area contributed by atoms with Gasteiger partial charge in [0.25, 0.3) is 0 Å². The summed E-state index contributed by atoms with van der Waals surface area (Å²) < 4.78 is 18.0. The lowest BCUT2D eigenvalue weighted by molar-refractivity contribution is -0.133. The molecule has 6 heteroatoms. The second-order valence-electron chi connectivity index (χ2n) is 14.4. The van der Waals surface area contributed by atoms with Gasteiger partial charge in [-0.3, -0.25) is 4.90 Å². The molecule has 4 heterocycles. The minimum Gasteiger partial charge on any atom is -0.492 e. The van der Waals surface area contributed by atoms with Gasteiger partial charge in [-0.25, -0.2) is 4.79 Å². The average Bonchev–Trinajstić information content (AvgIpc) is 3.43. The number of aliphatic hydroxyl groups is 1. The number of aryl methyl sites for hydroxylation is 1. The highest BCUT2D eigenvalue weighted by molar-refractivity contribution is 5.93. The van der Waals surface area contributed by atoms with Crippen LogP contribution in [-0.4, -0.2) is 47.8 Å². The number of nitrogens with zero attached hydrogens (tertiary/aromatic N) is 1. The van der Waals surface area contributed by atoms with Gasteiger partial charge < -0.3 is 19.3 Å². The number of allylic oxidation sites excluding steroid dienone is 2. The molecule has 4 aliphatic heterocycles. The second-order valence-corrected chi connectivity index (χ2v) is 14.4. The Balaban J connectivity index is 1.32. The maximum absolute atomic E-state index is 12.5. The standard InChI is InChI=1S/C39H53NO5/c1-6-7-8-13-27-14-10-15-28(20-27)21-29-22-31-34-25(3)37(38-36(43-5)26(4)39(42)45-38)44-33(34)17-11-18-40(31)32(23-29)35(41)30-16-9-12-24(2)19-30/h9-10,14-17,20,24-25,29-32,34-35,41H,6-8,11-13,18-19,21-23H2,1-5H3/b38-37-/t24-,25+,29-,30-,31+,32+,34-,35+/m1/s1. The van der Waals surface area contributed by atoms with E-state index < -0.39 is 6.10 Å². The quantitative estimate of drug-likeness (QED) is 0.175. The molecule has 0 amide bonds. The molecular weight excluding hydrogens is 562 g/mol. The van der Waals surface area contributed by atoms with E-state index in [1.165, 1.54) is 30.4 Å². The predicted molar refractivity (Wildman–Crippen MR) is 177 cm³/mol. The van der Waals surface area contributed by atoms with E-state index in [0.717, 1.165) is 57.2 Å². The van der Waals surface area contributed by atoms with Gasteiger partial charge in [-0.15, -0.1) is 0 Å². The fourth-order valence-electron chi connectivity index (χ4n) is 8.86. The van der Waals surface area contributed by atoms with E-state index in [0.29, 0.717) is 34.7 Å². The maximum Gasteiger partial charge on any atom is 0.343 e. The highest BCUT2D eigenvalue weighted by Crippen LogP contribution is 2.51. The lowest BCUT2D eigenvalue weighted by atomic mass is 9.71. The van der Waals surface area contributed by atoms with E-state index in [1.807, 2.05) is 0 Å². The Kier molecular flexibility index (Phi) is 9.91. The summed E-state index contributed by atoms with van der Waals surface area (Å²) in [6.07, 6.45) is 17.4. The number of aliphatic hydroxyl groups excluding tert-OH is 1. The van der Waals surface area contributed by atoms with Crippen molar-refractivity contribution in [3.05, 3.63) is 82.2 Å². The summed E-state index contributed by atoms with van der Waals surface area (Å²) in [5.74, 6) is 3.55. The first kappa shape index (κ1) is 32.1. The molecule has 2 saturated heterocycles. The minimum atomic E-state index is -0.409. The van der Waals surface area contributed by atoms with Crippen molar-refractivity contribution in [1.29, 1.82) is 0 Å². The summed E-state index contributed by atoms with van der Waals surface area (Å²) in [7, 11) is 1.58. The molecule has 1 N–H and O–H groups in total. The number of carbonyl (C=O) groups excluding carboxylic acids is 1. The third-order valence-corrected chi connectivity index (χ3v) is 11.1. The zero-order valence-corrected chi connectivity index (χ0v) is 28.0. The van der Waals surface area contributed by atoms with Gasteiger partial charge in [0, 0.05) is 36.4 Å². The van der Waals surface area contributed by atoms with Crippen LogP contribution in [0.2, 0.25) is 0 Å². The van der Waals surface area contributed by atoms with Crippen molar-refractivity contribution in [2.45, 2.75) is 110 Å². The number of carbonyl (C=O) groups is 1. The molecule has 6 nitrogen and oxygen atoms in total. The molecule has 8 atom stereocenters. The highest BCUT2D eigenvalue weighted by Gasteiger charge is 2.52. The molecule has 0 aromatic heterocycles. The molecule has 6 rings (SSSR count). The van der Waals surface area contributed by atoms with Crippen LogP contribution in [-0.2, 0) is 31.8 Å². The predicted octanol–water partition coefficient (Wildman–Crippen LogP) is 7.63.